The minimum atomic E-state index is -0.836. The molecule has 21 heavy (non-hydrogen) atoms. The molecule has 0 radical (unpaired) electrons. The third kappa shape index (κ3) is 1.73. The molecular weight excluding hydrogens is 280 g/mol. The molecule has 0 aromatic carbocycles. The van der Waals surface area contributed by atoms with Gasteiger partial charge in [0.05, 0.1) is 37.9 Å². The zero-order valence-corrected chi connectivity index (χ0v) is 11.5. The van der Waals surface area contributed by atoms with E-state index in [4.69, 9.17) is 14.2 Å². The van der Waals surface area contributed by atoms with Crippen LogP contribution in [-0.2, 0) is 33.4 Å². The van der Waals surface area contributed by atoms with Crippen LogP contribution in [0.25, 0.3) is 0 Å². The zero-order valence-electron chi connectivity index (χ0n) is 11.5. The van der Waals surface area contributed by atoms with Crippen molar-refractivity contribution in [3.05, 3.63) is 12.2 Å². The van der Waals surface area contributed by atoms with E-state index in [1.165, 1.54) is 14.2 Å². The summed E-state index contributed by atoms with van der Waals surface area (Å²) < 4.78 is 14.2. The monoisotopic (exact) mass is 294 g/mol. The Kier molecular flexibility index (Phi) is 3.07. The predicted molar refractivity (Wildman–Crippen MR) is 65.2 cm³/mol. The molecule has 2 bridgehead atoms. The van der Waals surface area contributed by atoms with Gasteiger partial charge >= 0.3 is 23.9 Å². The molecule has 6 unspecified atom stereocenters. The maximum Gasteiger partial charge on any atom is 0.318 e. The molecule has 3 aliphatic carbocycles. The van der Waals surface area contributed by atoms with E-state index in [0.29, 0.717) is 0 Å². The van der Waals surface area contributed by atoms with Crippen LogP contribution < -0.4 is 0 Å². The molecule has 1 heterocycles. The summed E-state index contributed by atoms with van der Waals surface area (Å²) in [5.41, 5.74) is 0. The van der Waals surface area contributed by atoms with E-state index < -0.39 is 59.4 Å². The molecule has 0 N–H and O–H groups in total. The van der Waals surface area contributed by atoms with Gasteiger partial charge in [0.2, 0.25) is 0 Å². The van der Waals surface area contributed by atoms with Crippen LogP contribution in [0.5, 0.6) is 0 Å². The largest absolute Gasteiger partial charge is 0.469 e. The molecule has 1 aliphatic heterocycles. The summed E-state index contributed by atoms with van der Waals surface area (Å²) in [7, 11) is 2.44. The second-order valence-corrected chi connectivity index (χ2v) is 5.43. The van der Waals surface area contributed by atoms with Crippen molar-refractivity contribution >= 4 is 23.9 Å². The summed E-state index contributed by atoms with van der Waals surface area (Å²) in [5.74, 6) is -6.75. The van der Waals surface area contributed by atoms with Crippen molar-refractivity contribution in [2.75, 3.05) is 14.2 Å². The Labute approximate surface area is 120 Å². The van der Waals surface area contributed by atoms with Gasteiger partial charge in [-0.3, -0.25) is 19.2 Å². The topological polar surface area (TPSA) is 96.0 Å². The normalized spacial score (nSPS) is 39.7. The van der Waals surface area contributed by atoms with Crippen molar-refractivity contribution in [1.29, 1.82) is 0 Å². The number of hydrogen-bond acceptors (Lipinski definition) is 7. The number of fused-ring (bicyclic) bond motifs is 1. The molecule has 4 aliphatic rings. The van der Waals surface area contributed by atoms with Crippen molar-refractivity contribution in [2.24, 2.45) is 35.5 Å². The number of hydrogen-bond donors (Lipinski definition) is 0. The smallest absolute Gasteiger partial charge is 0.318 e. The van der Waals surface area contributed by atoms with E-state index in [1.807, 2.05) is 0 Å². The first kappa shape index (κ1) is 13.8. The molecule has 1 saturated carbocycles. The summed E-state index contributed by atoms with van der Waals surface area (Å²) in [6.45, 7) is 0. The lowest BCUT2D eigenvalue weighted by Gasteiger charge is -2.46. The highest BCUT2D eigenvalue weighted by atomic mass is 16.6. The maximum absolute atomic E-state index is 12.1. The molecule has 7 heteroatoms. The lowest BCUT2D eigenvalue weighted by molar-refractivity contribution is -0.169. The SMILES string of the molecule is COC(=O)C1C2C=CC(C1C(=O)OC)C1C(=O)OC(=O)C21. The average Bonchev–Trinajstić information content (AvgIpc) is 2.82. The first-order valence-electron chi connectivity index (χ1n) is 6.60. The van der Waals surface area contributed by atoms with Crippen LogP contribution in [0.2, 0.25) is 0 Å². The van der Waals surface area contributed by atoms with E-state index in [9.17, 15) is 19.2 Å². The number of rotatable bonds is 2. The van der Waals surface area contributed by atoms with Gasteiger partial charge in [-0.2, -0.15) is 0 Å². The van der Waals surface area contributed by atoms with Gasteiger partial charge in [0.15, 0.2) is 0 Å². The summed E-state index contributed by atoms with van der Waals surface area (Å²) in [6, 6.07) is 0. The lowest BCUT2D eigenvalue weighted by atomic mass is 9.53. The maximum atomic E-state index is 12.1. The first-order chi connectivity index (χ1) is 10.0. The van der Waals surface area contributed by atoms with Gasteiger partial charge in [-0.25, -0.2) is 0 Å². The standard InChI is InChI=1S/C14H14O7/c1-19-11(15)7-5-3-4-6(8(7)12(16)20-2)10-9(5)13(17)21-14(10)18/h3-10H,1-2H3. The second-order valence-electron chi connectivity index (χ2n) is 5.43. The number of esters is 4. The van der Waals surface area contributed by atoms with Crippen LogP contribution in [0.3, 0.4) is 0 Å². The van der Waals surface area contributed by atoms with E-state index >= 15 is 0 Å². The fraction of sp³-hybridized carbons (Fsp3) is 0.571. The Balaban J connectivity index is 2.08. The van der Waals surface area contributed by atoms with E-state index in [0.717, 1.165) is 0 Å². The summed E-state index contributed by atoms with van der Waals surface area (Å²) >= 11 is 0. The van der Waals surface area contributed by atoms with E-state index in [2.05, 4.69) is 0 Å². The van der Waals surface area contributed by atoms with E-state index in [1.54, 1.807) is 12.2 Å². The molecule has 2 fully saturated rings. The van der Waals surface area contributed by atoms with E-state index in [-0.39, 0.29) is 0 Å². The van der Waals surface area contributed by atoms with Gasteiger partial charge < -0.3 is 14.2 Å². The Morgan fingerprint density at radius 3 is 1.62 bits per heavy atom. The zero-order chi connectivity index (χ0) is 15.3. The van der Waals surface area contributed by atoms with Gasteiger partial charge in [0.1, 0.15) is 0 Å². The van der Waals surface area contributed by atoms with Crippen LogP contribution in [-0.4, -0.2) is 38.1 Å². The van der Waals surface area contributed by atoms with Gasteiger partial charge in [-0.1, -0.05) is 12.2 Å². The molecule has 0 aromatic heterocycles. The van der Waals surface area contributed by atoms with Gasteiger partial charge in [-0.05, 0) is 0 Å². The lowest BCUT2D eigenvalue weighted by Crippen LogP contribution is -2.54. The molecule has 112 valence electrons. The Morgan fingerprint density at radius 1 is 0.905 bits per heavy atom. The number of cyclic esters (lactones) is 2. The number of carbonyl (C=O) groups excluding carboxylic acids is 4. The minimum Gasteiger partial charge on any atom is -0.469 e. The van der Waals surface area contributed by atoms with Crippen LogP contribution in [0.15, 0.2) is 12.2 Å². The van der Waals surface area contributed by atoms with Crippen molar-refractivity contribution in [2.45, 2.75) is 0 Å². The molecule has 1 saturated heterocycles. The first-order valence-corrected chi connectivity index (χ1v) is 6.60. The number of carbonyl (C=O) groups is 4. The molecule has 0 amide bonds. The third-order valence-corrected chi connectivity index (χ3v) is 4.68. The number of allylic oxidation sites excluding steroid dienone is 2. The van der Waals surface area contributed by atoms with Gasteiger partial charge in [0.25, 0.3) is 0 Å². The molecule has 0 aromatic rings. The summed E-state index contributed by atoms with van der Waals surface area (Å²) in [4.78, 5) is 47.9. The molecule has 4 rings (SSSR count). The fourth-order valence-corrected chi connectivity index (χ4v) is 3.86. The Hall–Kier alpha value is -2.18. The molecule has 6 atom stereocenters. The van der Waals surface area contributed by atoms with Crippen LogP contribution in [0, 0.1) is 35.5 Å². The summed E-state index contributed by atoms with van der Waals surface area (Å²) in [5, 5.41) is 0. The average molecular weight is 294 g/mol. The van der Waals surface area contributed by atoms with Crippen LogP contribution >= 0.6 is 0 Å². The van der Waals surface area contributed by atoms with Crippen molar-refractivity contribution in [3.63, 3.8) is 0 Å². The molecule has 0 spiro atoms. The Bertz CT molecular complexity index is 516. The van der Waals surface area contributed by atoms with Crippen molar-refractivity contribution < 1.29 is 33.4 Å². The highest BCUT2D eigenvalue weighted by molar-refractivity contribution is 5.99. The number of ether oxygens (including phenoxy) is 3. The minimum absolute atomic E-state index is 0.588. The number of methoxy groups -OCH3 is 2. The Morgan fingerprint density at radius 2 is 1.29 bits per heavy atom. The summed E-state index contributed by atoms with van der Waals surface area (Å²) in [6.07, 6.45) is 3.40. The van der Waals surface area contributed by atoms with Crippen LogP contribution in [0.4, 0.5) is 0 Å². The predicted octanol–water partition coefficient (Wildman–Crippen LogP) is -0.304. The quantitative estimate of drug-likeness (QED) is 0.298. The third-order valence-electron chi connectivity index (χ3n) is 4.68. The highest BCUT2D eigenvalue weighted by Gasteiger charge is 2.65. The van der Waals surface area contributed by atoms with Crippen molar-refractivity contribution in [1.82, 2.24) is 0 Å². The second kappa shape index (κ2) is 4.68. The molecular formula is C14H14O7. The highest BCUT2D eigenvalue weighted by Crippen LogP contribution is 2.54. The van der Waals surface area contributed by atoms with Crippen LogP contribution in [0.1, 0.15) is 0 Å². The molecule has 7 nitrogen and oxygen atoms in total. The van der Waals surface area contributed by atoms with Crippen molar-refractivity contribution in [3.8, 4) is 0 Å². The fourth-order valence-electron chi connectivity index (χ4n) is 3.86. The van der Waals surface area contributed by atoms with Gasteiger partial charge in [0, 0.05) is 11.8 Å². The van der Waals surface area contributed by atoms with Gasteiger partial charge in [-0.15, -0.1) is 0 Å².